The van der Waals surface area contributed by atoms with Gasteiger partial charge in [-0.2, -0.15) is 5.26 Å². The SMILES string of the molecule is CNc1cc(C#N)nc(C2CCCN(C)C2)n1. The van der Waals surface area contributed by atoms with E-state index in [1.165, 1.54) is 0 Å². The molecule has 0 saturated carbocycles. The summed E-state index contributed by atoms with van der Waals surface area (Å²) in [5.74, 6) is 1.86. The topological polar surface area (TPSA) is 64.8 Å². The van der Waals surface area contributed by atoms with Crippen LogP contribution >= 0.6 is 0 Å². The van der Waals surface area contributed by atoms with Gasteiger partial charge in [-0.25, -0.2) is 9.97 Å². The minimum atomic E-state index is 0.342. The van der Waals surface area contributed by atoms with Gasteiger partial charge < -0.3 is 10.2 Å². The summed E-state index contributed by atoms with van der Waals surface area (Å²) >= 11 is 0. The maximum Gasteiger partial charge on any atom is 0.146 e. The molecule has 1 unspecified atom stereocenters. The zero-order valence-corrected chi connectivity index (χ0v) is 10.3. The van der Waals surface area contributed by atoms with Crippen LogP contribution in [-0.4, -0.2) is 42.1 Å². The zero-order valence-electron chi connectivity index (χ0n) is 10.3. The van der Waals surface area contributed by atoms with Crippen molar-refractivity contribution in [3.8, 4) is 6.07 Å². The van der Waals surface area contributed by atoms with Crippen LogP contribution in [0.3, 0.4) is 0 Å². The van der Waals surface area contributed by atoms with E-state index in [2.05, 4.69) is 33.3 Å². The number of rotatable bonds is 2. The van der Waals surface area contributed by atoms with Crippen LogP contribution in [0, 0.1) is 11.3 Å². The van der Waals surface area contributed by atoms with Crippen LogP contribution in [0.1, 0.15) is 30.3 Å². The summed E-state index contributed by atoms with van der Waals surface area (Å²) in [7, 11) is 3.92. The molecule has 1 aromatic rings. The first-order valence-electron chi connectivity index (χ1n) is 5.88. The fourth-order valence-electron chi connectivity index (χ4n) is 2.21. The highest BCUT2D eigenvalue weighted by atomic mass is 15.1. The molecule has 5 nitrogen and oxygen atoms in total. The second kappa shape index (κ2) is 5.11. The Labute approximate surface area is 101 Å². The normalized spacial score (nSPS) is 20.9. The molecule has 0 amide bonds. The second-order valence-electron chi connectivity index (χ2n) is 4.46. The number of hydrogen-bond donors (Lipinski definition) is 1. The Morgan fingerprint density at radius 3 is 3.00 bits per heavy atom. The lowest BCUT2D eigenvalue weighted by molar-refractivity contribution is 0.246. The van der Waals surface area contributed by atoms with Crippen LogP contribution < -0.4 is 5.32 Å². The van der Waals surface area contributed by atoms with Gasteiger partial charge in [-0.3, -0.25) is 0 Å². The summed E-state index contributed by atoms with van der Waals surface area (Å²) in [4.78, 5) is 11.1. The first kappa shape index (κ1) is 11.8. The third kappa shape index (κ3) is 2.71. The van der Waals surface area contributed by atoms with Crippen LogP contribution in [0.4, 0.5) is 5.82 Å². The van der Waals surface area contributed by atoms with Gasteiger partial charge in [0.1, 0.15) is 23.4 Å². The molecule has 0 bridgehead atoms. The van der Waals surface area contributed by atoms with Crippen molar-refractivity contribution in [1.82, 2.24) is 14.9 Å². The molecular formula is C12H17N5. The van der Waals surface area contributed by atoms with Gasteiger partial charge in [-0.05, 0) is 26.4 Å². The molecule has 90 valence electrons. The quantitative estimate of drug-likeness (QED) is 0.828. The Hall–Kier alpha value is -1.67. The van der Waals surface area contributed by atoms with Crippen LogP contribution in [0.5, 0.6) is 0 Å². The van der Waals surface area contributed by atoms with Crippen molar-refractivity contribution in [2.24, 2.45) is 0 Å². The Balaban J connectivity index is 2.27. The number of piperidine rings is 1. The average molecular weight is 231 g/mol. The Kier molecular flexibility index (Phi) is 3.55. The number of nitrogens with zero attached hydrogens (tertiary/aromatic N) is 4. The molecule has 1 aliphatic heterocycles. The number of nitrogens with one attached hydrogen (secondary N) is 1. The molecule has 1 aromatic heterocycles. The summed E-state index contributed by atoms with van der Waals surface area (Å²) in [5.41, 5.74) is 0.438. The van der Waals surface area contributed by atoms with E-state index in [4.69, 9.17) is 5.26 Å². The van der Waals surface area contributed by atoms with Gasteiger partial charge >= 0.3 is 0 Å². The van der Waals surface area contributed by atoms with E-state index in [0.717, 1.165) is 37.6 Å². The lowest BCUT2D eigenvalue weighted by Crippen LogP contribution is -2.31. The van der Waals surface area contributed by atoms with E-state index in [9.17, 15) is 0 Å². The summed E-state index contributed by atoms with van der Waals surface area (Å²) in [6.07, 6.45) is 2.26. The second-order valence-corrected chi connectivity index (χ2v) is 4.46. The van der Waals surface area contributed by atoms with Crippen LogP contribution in [0.2, 0.25) is 0 Å². The number of aromatic nitrogens is 2. The predicted molar refractivity (Wildman–Crippen MR) is 65.8 cm³/mol. The molecule has 1 atom stereocenters. The molecule has 1 N–H and O–H groups in total. The van der Waals surface area contributed by atoms with Crippen LogP contribution in [-0.2, 0) is 0 Å². The molecule has 2 heterocycles. The van der Waals surface area contributed by atoms with Gasteiger partial charge in [-0.1, -0.05) is 0 Å². The summed E-state index contributed by atoms with van der Waals surface area (Å²) in [6.45, 7) is 2.10. The molecule has 1 saturated heterocycles. The lowest BCUT2D eigenvalue weighted by Gasteiger charge is -2.28. The standard InChI is InChI=1S/C12H17N5/c1-14-11-6-10(7-13)15-12(16-11)9-4-3-5-17(2)8-9/h6,9H,3-5,8H2,1-2H3,(H,14,15,16). The number of hydrogen-bond acceptors (Lipinski definition) is 5. The molecule has 0 radical (unpaired) electrons. The van der Waals surface area contributed by atoms with Gasteiger partial charge in [0.2, 0.25) is 0 Å². The highest BCUT2D eigenvalue weighted by Crippen LogP contribution is 2.24. The molecule has 17 heavy (non-hydrogen) atoms. The van der Waals surface area contributed by atoms with Crippen molar-refractivity contribution >= 4 is 5.82 Å². The van der Waals surface area contributed by atoms with Gasteiger partial charge in [0.05, 0.1) is 0 Å². The van der Waals surface area contributed by atoms with Gasteiger partial charge in [0, 0.05) is 25.6 Å². The van der Waals surface area contributed by atoms with Crippen molar-refractivity contribution in [2.45, 2.75) is 18.8 Å². The fraction of sp³-hybridized carbons (Fsp3) is 0.583. The molecule has 0 aliphatic carbocycles. The van der Waals surface area contributed by atoms with E-state index in [1.807, 2.05) is 0 Å². The molecule has 0 spiro atoms. The van der Waals surface area contributed by atoms with Crippen LogP contribution in [0.25, 0.3) is 0 Å². The molecule has 5 heteroatoms. The summed E-state index contributed by atoms with van der Waals surface area (Å²) in [6, 6.07) is 3.76. The summed E-state index contributed by atoms with van der Waals surface area (Å²) < 4.78 is 0. The predicted octanol–water partition coefficient (Wildman–Crippen LogP) is 1.20. The largest absolute Gasteiger partial charge is 0.373 e. The molecule has 2 rings (SSSR count). The van der Waals surface area contributed by atoms with Gasteiger partial charge in [0.15, 0.2) is 0 Å². The third-order valence-electron chi connectivity index (χ3n) is 3.10. The Bertz CT molecular complexity index is 437. The Morgan fingerprint density at radius 1 is 1.53 bits per heavy atom. The van der Waals surface area contributed by atoms with Crippen molar-refractivity contribution in [1.29, 1.82) is 5.26 Å². The van der Waals surface area contributed by atoms with E-state index >= 15 is 0 Å². The maximum atomic E-state index is 8.95. The van der Waals surface area contributed by atoms with Crippen molar-refractivity contribution < 1.29 is 0 Å². The van der Waals surface area contributed by atoms with Crippen molar-refractivity contribution in [3.63, 3.8) is 0 Å². The van der Waals surface area contributed by atoms with Gasteiger partial charge in [-0.15, -0.1) is 0 Å². The first-order valence-corrected chi connectivity index (χ1v) is 5.88. The van der Waals surface area contributed by atoms with E-state index in [-0.39, 0.29) is 0 Å². The number of likely N-dealkylation sites (N-methyl/N-ethyl adjacent to an activating group) is 1. The van der Waals surface area contributed by atoms with E-state index < -0.39 is 0 Å². The van der Waals surface area contributed by atoms with Crippen LogP contribution in [0.15, 0.2) is 6.07 Å². The first-order chi connectivity index (χ1) is 8.22. The molecule has 1 fully saturated rings. The molecular weight excluding hydrogens is 214 g/mol. The van der Waals surface area contributed by atoms with Crippen molar-refractivity contribution in [3.05, 3.63) is 17.6 Å². The highest BCUT2D eigenvalue weighted by Gasteiger charge is 2.22. The summed E-state index contributed by atoms with van der Waals surface area (Å²) in [5, 5.41) is 11.9. The highest BCUT2D eigenvalue weighted by molar-refractivity contribution is 5.39. The van der Waals surface area contributed by atoms with E-state index in [0.29, 0.717) is 11.6 Å². The number of nitriles is 1. The maximum absolute atomic E-state index is 8.95. The van der Waals surface area contributed by atoms with E-state index in [1.54, 1.807) is 13.1 Å². The Morgan fingerprint density at radius 2 is 2.35 bits per heavy atom. The lowest BCUT2D eigenvalue weighted by atomic mass is 9.97. The molecule has 0 aromatic carbocycles. The zero-order chi connectivity index (χ0) is 12.3. The minimum absolute atomic E-state index is 0.342. The number of anilines is 1. The fourth-order valence-corrected chi connectivity index (χ4v) is 2.21. The smallest absolute Gasteiger partial charge is 0.146 e. The monoisotopic (exact) mass is 231 g/mol. The third-order valence-corrected chi connectivity index (χ3v) is 3.10. The molecule has 1 aliphatic rings. The van der Waals surface area contributed by atoms with Gasteiger partial charge in [0.25, 0.3) is 0 Å². The number of likely N-dealkylation sites (tertiary alicyclic amines) is 1. The average Bonchev–Trinajstić information content (AvgIpc) is 2.38. The van der Waals surface area contributed by atoms with Crippen molar-refractivity contribution in [2.75, 3.05) is 32.5 Å². The minimum Gasteiger partial charge on any atom is -0.373 e.